The molecule has 1 aromatic rings. The highest BCUT2D eigenvalue weighted by Gasteiger charge is 2.17. The minimum absolute atomic E-state index is 0.0490. The van der Waals surface area contributed by atoms with Crippen molar-refractivity contribution >= 4 is 23.6 Å². The van der Waals surface area contributed by atoms with Crippen LogP contribution in [0.4, 0.5) is 0 Å². The molecule has 0 unspecified atom stereocenters. The Hall–Kier alpha value is -2.90. The smallest absolute Gasteiger partial charge is 0.253 e. The second kappa shape index (κ2) is 21.8. The van der Waals surface area contributed by atoms with Crippen molar-refractivity contribution in [3.05, 3.63) is 35.4 Å². The minimum atomic E-state index is -0.469. The van der Waals surface area contributed by atoms with Gasteiger partial charge in [0.15, 0.2) is 0 Å². The first-order chi connectivity index (χ1) is 20.4. The number of primary amides is 2. The lowest BCUT2D eigenvalue weighted by atomic mass is 10.0. The zero-order valence-corrected chi connectivity index (χ0v) is 26.0. The molecular formula is C34H56N4O4. The van der Waals surface area contributed by atoms with Gasteiger partial charge >= 0.3 is 0 Å². The monoisotopic (exact) mass is 584 g/mol. The summed E-state index contributed by atoms with van der Waals surface area (Å²) in [4.78, 5) is 49.9. The van der Waals surface area contributed by atoms with E-state index in [-0.39, 0.29) is 11.8 Å². The van der Waals surface area contributed by atoms with E-state index in [4.69, 9.17) is 11.5 Å². The molecule has 2 aliphatic rings. The van der Waals surface area contributed by atoms with Crippen LogP contribution in [0.5, 0.6) is 0 Å². The van der Waals surface area contributed by atoms with E-state index in [2.05, 4.69) is 4.90 Å². The molecule has 0 aromatic heterocycles. The number of carbonyl (C=O) groups excluding carboxylic acids is 4. The average molecular weight is 585 g/mol. The van der Waals surface area contributed by atoms with E-state index in [0.29, 0.717) is 23.5 Å². The zero-order chi connectivity index (χ0) is 30.4. The van der Waals surface area contributed by atoms with E-state index in [1.807, 2.05) is 4.90 Å². The fraction of sp³-hybridized carbons (Fsp3) is 0.706. The fourth-order valence-corrected chi connectivity index (χ4v) is 5.70. The summed E-state index contributed by atoms with van der Waals surface area (Å²) < 4.78 is 0. The van der Waals surface area contributed by atoms with Gasteiger partial charge in [-0.25, -0.2) is 0 Å². The lowest BCUT2D eigenvalue weighted by molar-refractivity contribution is -0.131. The predicted octanol–water partition coefficient (Wildman–Crippen LogP) is 6.36. The maximum atomic E-state index is 12.2. The van der Waals surface area contributed by atoms with Gasteiger partial charge in [-0.2, -0.15) is 0 Å². The van der Waals surface area contributed by atoms with Crippen LogP contribution >= 0.6 is 0 Å². The second-order valence-electron chi connectivity index (χ2n) is 11.9. The highest BCUT2D eigenvalue weighted by atomic mass is 16.2. The van der Waals surface area contributed by atoms with E-state index >= 15 is 0 Å². The van der Waals surface area contributed by atoms with Crippen LogP contribution in [0.3, 0.4) is 0 Å². The summed E-state index contributed by atoms with van der Waals surface area (Å²) in [7, 11) is 0. The molecule has 0 atom stereocenters. The highest BCUT2D eigenvalue weighted by Crippen LogP contribution is 2.16. The van der Waals surface area contributed by atoms with Gasteiger partial charge in [0, 0.05) is 50.1 Å². The number of unbranched alkanes of at least 4 members (excludes halogenated alkanes) is 9. The summed E-state index contributed by atoms with van der Waals surface area (Å²) in [5.41, 5.74) is 11.3. The van der Waals surface area contributed by atoms with E-state index in [9.17, 15) is 19.2 Å². The summed E-state index contributed by atoms with van der Waals surface area (Å²) in [6.07, 6.45) is 22.7. The standard InChI is InChI=1S/C20H38N2O2.C14H18N2O2/c21-19(23)15-11-7-5-3-1-2-4-6-8-12-16-20(24)22-17-13-9-10-14-18-22;15-13(17)11-5-7-12(8-6-11)14(18)16-9-3-1-2-4-10-16/h1-18H2,(H2,21,23);5-8H,1-4,9-10H2,(H2,15,17). The van der Waals surface area contributed by atoms with E-state index in [1.165, 1.54) is 83.5 Å². The normalized spacial score (nSPS) is 15.6. The number of hydrogen-bond donors (Lipinski definition) is 2. The Morgan fingerprint density at radius 3 is 1.31 bits per heavy atom. The van der Waals surface area contributed by atoms with Gasteiger partial charge in [0.25, 0.3) is 5.91 Å². The van der Waals surface area contributed by atoms with Crippen molar-refractivity contribution < 1.29 is 19.2 Å². The fourth-order valence-electron chi connectivity index (χ4n) is 5.70. The number of hydrogen-bond acceptors (Lipinski definition) is 4. The summed E-state index contributed by atoms with van der Waals surface area (Å²) in [5, 5.41) is 0. The Kier molecular flexibility index (Phi) is 18.3. The van der Waals surface area contributed by atoms with Crippen LogP contribution in [0.25, 0.3) is 0 Å². The Morgan fingerprint density at radius 2 is 0.881 bits per heavy atom. The number of likely N-dealkylation sites (tertiary alicyclic amines) is 2. The van der Waals surface area contributed by atoms with E-state index in [0.717, 1.165) is 64.7 Å². The topological polar surface area (TPSA) is 127 Å². The van der Waals surface area contributed by atoms with Gasteiger partial charge in [0.2, 0.25) is 17.7 Å². The largest absolute Gasteiger partial charge is 0.370 e. The number of nitrogens with zero attached hydrogens (tertiary/aromatic N) is 2. The maximum Gasteiger partial charge on any atom is 0.253 e. The molecule has 4 amide bonds. The highest BCUT2D eigenvalue weighted by molar-refractivity contribution is 5.97. The van der Waals surface area contributed by atoms with Crippen molar-refractivity contribution in [2.75, 3.05) is 26.2 Å². The van der Waals surface area contributed by atoms with E-state index in [1.54, 1.807) is 24.3 Å². The van der Waals surface area contributed by atoms with Crippen LogP contribution in [-0.2, 0) is 9.59 Å². The first-order valence-electron chi connectivity index (χ1n) is 16.6. The van der Waals surface area contributed by atoms with Crippen LogP contribution in [0.15, 0.2) is 24.3 Å². The second-order valence-corrected chi connectivity index (χ2v) is 11.9. The van der Waals surface area contributed by atoms with E-state index < -0.39 is 5.91 Å². The molecule has 2 heterocycles. The number of amides is 4. The number of nitrogens with two attached hydrogens (primary N) is 2. The van der Waals surface area contributed by atoms with Gasteiger partial charge in [-0.1, -0.05) is 77.0 Å². The van der Waals surface area contributed by atoms with Crippen molar-refractivity contribution in [1.82, 2.24) is 9.80 Å². The molecule has 0 bridgehead atoms. The molecule has 1 aromatic carbocycles. The van der Waals surface area contributed by atoms with Gasteiger partial charge < -0.3 is 21.3 Å². The molecule has 0 saturated carbocycles. The third-order valence-electron chi connectivity index (χ3n) is 8.33. The van der Waals surface area contributed by atoms with Crippen LogP contribution in [0.1, 0.15) is 149 Å². The molecule has 42 heavy (non-hydrogen) atoms. The van der Waals surface area contributed by atoms with Crippen LogP contribution < -0.4 is 11.5 Å². The first kappa shape index (κ1) is 35.3. The Morgan fingerprint density at radius 1 is 0.500 bits per heavy atom. The summed E-state index contributed by atoms with van der Waals surface area (Å²) in [5.74, 6) is -0.214. The summed E-state index contributed by atoms with van der Waals surface area (Å²) in [6.45, 7) is 3.63. The molecule has 3 rings (SSSR count). The van der Waals surface area contributed by atoms with Crippen molar-refractivity contribution in [2.45, 2.75) is 128 Å². The molecule has 0 radical (unpaired) electrons. The SMILES string of the molecule is NC(=O)CCCCCCCCCCCCC(=O)N1CCCCCC1.NC(=O)c1ccc(C(=O)N2CCCCCC2)cc1. The van der Waals surface area contributed by atoms with Crippen LogP contribution in [0, 0.1) is 0 Å². The molecule has 8 nitrogen and oxygen atoms in total. The van der Waals surface area contributed by atoms with Crippen molar-refractivity contribution in [3.8, 4) is 0 Å². The average Bonchev–Trinajstić information content (AvgIpc) is 3.44. The van der Waals surface area contributed by atoms with Crippen molar-refractivity contribution in [1.29, 1.82) is 0 Å². The molecule has 0 spiro atoms. The summed E-state index contributed by atoms with van der Waals surface area (Å²) in [6, 6.07) is 6.56. The third-order valence-corrected chi connectivity index (χ3v) is 8.33. The predicted molar refractivity (Wildman–Crippen MR) is 169 cm³/mol. The Bertz CT molecular complexity index is 918. The minimum Gasteiger partial charge on any atom is -0.370 e. The number of benzene rings is 1. The van der Waals surface area contributed by atoms with Gasteiger partial charge in [-0.05, 0) is 62.8 Å². The van der Waals surface area contributed by atoms with Gasteiger partial charge in [0.05, 0.1) is 0 Å². The lowest BCUT2D eigenvalue weighted by Gasteiger charge is -2.20. The molecule has 8 heteroatoms. The molecule has 4 N–H and O–H groups in total. The molecule has 2 fully saturated rings. The molecule has 2 aliphatic heterocycles. The van der Waals surface area contributed by atoms with Crippen molar-refractivity contribution in [3.63, 3.8) is 0 Å². The number of carbonyl (C=O) groups is 4. The molecule has 2 saturated heterocycles. The Balaban J connectivity index is 0.000000305. The van der Waals surface area contributed by atoms with Gasteiger partial charge in [-0.15, -0.1) is 0 Å². The van der Waals surface area contributed by atoms with Crippen LogP contribution in [-0.4, -0.2) is 59.6 Å². The quantitative estimate of drug-likeness (QED) is 0.233. The van der Waals surface area contributed by atoms with Crippen molar-refractivity contribution in [2.24, 2.45) is 11.5 Å². The van der Waals surface area contributed by atoms with Gasteiger partial charge in [0.1, 0.15) is 0 Å². The number of rotatable bonds is 15. The summed E-state index contributed by atoms with van der Waals surface area (Å²) >= 11 is 0. The first-order valence-corrected chi connectivity index (χ1v) is 16.6. The molecule has 236 valence electrons. The zero-order valence-electron chi connectivity index (χ0n) is 26.0. The lowest BCUT2D eigenvalue weighted by Crippen LogP contribution is -2.31. The molecule has 0 aliphatic carbocycles. The third kappa shape index (κ3) is 15.4. The molecular weight excluding hydrogens is 528 g/mol. The Labute approximate surface area is 253 Å². The van der Waals surface area contributed by atoms with Gasteiger partial charge in [-0.3, -0.25) is 19.2 Å². The maximum absolute atomic E-state index is 12.2. The van der Waals surface area contributed by atoms with Crippen LogP contribution in [0.2, 0.25) is 0 Å².